The molecule has 0 spiro atoms. The molecule has 1 aliphatic rings. The van der Waals surface area contributed by atoms with E-state index in [1.54, 1.807) is 11.4 Å². The molecule has 140 valence electrons. The largest absolute Gasteiger partial charge is 0.477 e. The SMILES string of the molecule is CC[NH+]1C=C(C(=O)O)C(=O)c2cc(F)c(-c3csc(-c4ccccc4)n3)cc21. The predicted octanol–water partition coefficient (Wildman–Crippen LogP) is 3.32. The van der Waals surface area contributed by atoms with E-state index < -0.39 is 17.6 Å². The lowest BCUT2D eigenvalue weighted by Crippen LogP contribution is -3.03. The van der Waals surface area contributed by atoms with Crippen molar-refractivity contribution in [2.45, 2.75) is 6.92 Å². The standard InChI is InChI=1S/C21H15FN2O3S/c1-2-24-10-15(21(26)27)19(25)14-8-16(22)13(9-18(14)24)17-11-28-20(23-17)12-6-4-3-5-7-12/h3-11H,2H2,1H3,(H,26,27)/p+1. The number of hydrogen-bond donors (Lipinski definition) is 2. The van der Waals surface area contributed by atoms with Crippen molar-refractivity contribution < 1.29 is 24.0 Å². The highest BCUT2D eigenvalue weighted by atomic mass is 32.1. The van der Waals surface area contributed by atoms with E-state index in [-0.39, 0.29) is 11.1 Å². The molecule has 1 aromatic heterocycles. The van der Waals surface area contributed by atoms with E-state index >= 15 is 0 Å². The summed E-state index contributed by atoms with van der Waals surface area (Å²) < 4.78 is 14.8. The highest BCUT2D eigenvalue weighted by molar-refractivity contribution is 7.13. The second-order valence-electron chi connectivity index (χ2n) is 6.35. The van der Waals surface area contributed by atoms with Crippen LogP contribution in [0.4, 0.5) is 10.1 Å². The van der Waals surface area contributed by atoms with Gasteiger partial charge in [0.2, 0.25) is 5.78 Å². The summed E-state index contributed by atoms with van der Waals surface area (Å²) in [6.07, 6.45) is 1.38. The van der Waals surface area contributed by atoms with Gasteiger partial charge in [-0.25, -0.2) is 14.2 Å². The number of halogens is 1. The molecular weight excluding hydrogens is 379 g/mol. The van der Waals surface area contributed by atoms with Crippen LogP contribution in [0.3, 0.4) is 0 Å². The van der Waals surface area contributed by atoms with E-state index in [1.807, 2.05) is 37.3 Å². The molecule has 0 aliphatic carbocycles. The molecule has 1 unspecified atom stereocenters. The van der Waals surface area contributed by atoms with Gasteiger partial charge >= 0.3 is 5.97 Å². The first-order valence-electron chi connectivity index (χ1n) is 8.70. The Labute approximate surface area is 164 Å². The highest BCUT2D eigenvalue weighted by Gasteiger charge is 2.34. The molecule has 2 heterocycles. The number of quaternary nitrogens is 1. The summed E-state index contributed by atoms with van der Waals surface area (Å²) in [5.41, 5.74) is 2.03. The zero-order chi connectivity index (χ0) is 19.8. The fraction of sp³-hybridized carbons (Fsp3) is 0.0952. The fourth-order valence-corrected chi connectivity index (χ4v) is 4.07. The first-order chi connectivity index (χ1) is 13.5. The summed E-state index contributed by atoms with van der Waals surface area (Å²) in [7, 11) is 0. The quantitative estimate of drug-likeness (QED) is 0.665. The second-order valence-corrected chi connectivity index (χ2v) is 7.21. The normalized spacial score (nSPS) is 15.9. The number of nitrogens with one attached hydrogen (secondary N) is 1. The van der Waals surface area contributed by atoms with Crippen molar-refractivity contribution in [2.75, 3.05) is 6.54 Å². The van der Waals surface area contributed by atoms with Gasteiger partial charge in [-0.2, -0.15) is 0 Å². The third-order valence-corrected chi connectivity index (χ3v) is 5.56. The van der Waals surface area contributed by atoms with Gasteiger partial charge in [0.05, 0.1) is 17.8 Å². The van der Waals surface area contributed by atoms with Crippen LogP contribution in [0.25, 0.3) is 21.8 Å². The first-order valence-corrected chi connectivity index (χ1v) is 9.58. The monoisotopic (exact) mass is 395 g/mol. The number of Topliss-reactive ketones (excluding diaryl/α,β-unsaturated/α-hetero) is 1. The Kier molecular flexibility index (Phi) is 4.62. The van der Waals surface area contributed by atoms with Gasteiger partial charge in [-0.15, -0.1) is 11.3 Å². The number of carbonyl (C=O) groups excluding carboxylic acids is 1. The molecule has 0 radical (unpaired) electrons. The van der Waals surface area contributed by atoms with Gasteiger partial charge in [0.1, 0.15) is 22.7 Å². The number of nitrogens with zero attached hydrogens (tertiary/aromatic N) is 1. The van der Waals surface area contributed by atoms with Crippen molar-refractivity contribution in [3.63, 3.8) is 0 Å². The van der Waals surface area contributed by atoms with Crippen LogP contribution in [0.5, 0.6) is 0 Å². The molecule has 4 rings (SSSR count). The molecule has 0 amide bonds. The number of benzene rings is 2. The van der Waals surface area contributed by atoms with Crippen molar-refractivity contribution in [3.05, 3.63) is 71.0 Å². The van der Waals surface area contributed by atoms with Crippen LogP contribution < -0.4 is 4.90 Å². The van der Waals surface area contributed by atoms with Gasteiger partial charge in [0.15, 0.2) is 5.57 Å². The minimum Gasteiger partial charge on any atom is -0.477 e. The molecule has 3 aromatic rings. The number of aliphatic carboxylic acids is 1. The number of carboxylic acids is 1. The number of ketones is 1. The summed E-state index contributed by atoms with van der Waals surface area (Å²) in [6.45, 7) is 2.39. The lowest BCUT2D eigenvalue weighted by atomic mass is 9.95. The summed E-state index contributed by atoms with van der Waals surface area (Å²) in [4.78, 5) is 29.0. The molecule has 7 heteroatoms. The van der Waals surface area contributed by atoms with Gasteiger partial charge < -0.3 is 5.11 Å². The van der Waals surface area contributed by atoms with Gasteiger partial charge in [-0.05, 0) is 13.0 Å². The number of fused-ring (bicyclic) bond motifs is 1. The Balaban J connectivity index is 1.80. The van der Waals surface area contributed by atoms with E-state index in [0.717, 1.165) is 16.6 Å². The molecule has 1 atom stereocenters. The van der Waals surface area contributed by atoms with Crippen molar-refractivity contribution >= 4 is 28.8 Å². The van der Waals surface area contributed by atoms with Crippen molar-refractivity contribution in [1.29, 1.82) is 0 Å². The second kappa shape index (κ2) is 7.10. The zero-order valence-corrected chi connectivity index (χ0v) is 15.7. The fourth-order valence-electron chi connectivity index (χ4n) is 3.25. The van der Waals surface area contributed by atoms with Crippen molar-refractivity contribution in [2.24, 2.45) is 0 Å². The van der Waals surface area contributed by atoms with Gasteiger partial charge in [0.25, 0.3) is 0 Å². The van der Waals surface area contributed by atoms with E-state index in [0.29, 0.717) is 28.4 Å². The number of carbonyl (C=O) groups is 2. The lowest BCUT2D eigenvalue weighted by molar-refractivity contribution is -0.773. The van der Waals surface area contributed by atoms with Crippen LogP contribution in [0.15, 0.2) is 59.6 Å². The molecule has 1 aliphatic heterocycles. The molecule has 0 fully saturated rings. The molecule has 0 saturated heterocycles. The van der Waals surface area contributed by atoms with E-state index in [9.17, 15) is 19.1 Å². The third kappa shape index (κ3) is 3.04. The molecule has 0 saturated carbocycles. The molecule has 5 nitrogen and oxygen atoms in total. The Morgan fingerprint density at radius 1 is 1.21 bits per heavy atom. The molecule has 2 aromatic carbocycles. The van der Waals surface area contributed by atoms with Crippen LogP contribution in [-0.2, 0) is 4.79 Å². The number of rotatable bonds is 4. The van der Waals surface area contributed by atoms with E-state index in [2.05, 4.69) is 4.98 Å². The lowest BCUT2D eigenvalue weighted by Gasteiger charge is -2.21. The molecule has 0 bridgehead atoms. The minimum absolute atomic E-state index is 0.0801. The number of thiazole rings is 1. The highest BCUT2D eigenvalue weighted by Crippen LogP contribution is 2.33. The topological polar surface area (TPSA) is 71.7 Å². The maximum Gasteiger partial charge on any atom is 0.345 e. The van der Waals surface area contributed by atoms with E-state index in [4.69, 9.17) is 0 Å². The smallest absolute Gasteiger partial charge is 0.345 e. The average molecular weight is 395 g/mol. The maximum absolute atomic E-state index is 14.8. The van der Waals surface area contributed by atoms with Gasteiger partial charge in [-0.3, -0.25) is 9.69 Å². The Hall–Kier alpha value is -3.16. The Morgan fingerprint density at radius 2 is 1.96 bits per heavy atom. The van der Waals surface area contributed by atoms with Crippen molar-refractivity contribution in [3.8, 4) is 21.8 Å². The Morgan fingerprint density at radius 3 is 2.64 bits per heavy atom. The summed E-state index contributed by atoms with van der Waals surface area (Å²) in [5.74, 6) is -2.58. The van der Waals surface area contributed by atoms with Crippen molar-refractivity contribution in [1.82, 2.24) is 4.98 Å². The number of aromatic nitrogens is 1. The van der Waals surface area contributed by atoms with E-state index in [1.165, 1.54) is 17.5 Å². The third-order valence-electron chi connectivity index (χ3n) is 4.67. The Bertz CT molecular complexity index is 1120. The zero-order valence-electron chi connectivity index (χ0n) is 14.9. The van der Waals surface area contributed by atoms with Crippen LogP contribution in [0, 0.1) is 5.82 Å². The maximum atomic E-state index is 14.8. The summed E-state index contributed by atoms with van der Waals surface area (Å²) in [5, 5.41) is 11.8. The number of carboxylic acid groups (broad SMARTS) is 1. The van der Waals surface area contributed by atoms with Crippen LogP contribution in [-0.4, -0.2) is 28.4 Å². The predicted molar refractivity (Wildman–Crippen MR) is 104 cm³/mol. The molecular formula is C21H16FN2O3S+. The van der Waals surface area contributed by atoms with Gasteiger partial charge in [0, 0.05) is 22.6 Å². The minimum atomic E-state index is -1.31. The molecule has 2 N–H and O–H groups in total. The molecule has 28 heavy (non-hydrogen) atoms. The van der Waals surface area contributed by atoms with Crippen LogP contribution in [0.1, 0.15) is 17.3 Å². The van der Waals surface area contributed by atoms with Crippen LogP contribution >= 0.6 is 11.3 Å². The number of hydrogen-bond acceptors (Lipinski definition) is 4. The summed E-state index contributed by atoms with van der Waals surface area (Å²) >= 11 is 1.41. The first kappa shape index (κ1) is 18.2. The van der Waals surface area contributed by atoms with Gasteiger partial charge in [-0.1, -0.05) is 30.3 Å². The summed E-state index contributed by atoms with van der Waals surface area (Å²) in [6, 6.07) is 12.3. The average Bonchev–Trinajstić information content (AvgIpc) is 3.18. The van der Waals surface area contributed by atoms with Crippen LogP contribution in [0.2, 0.25) is 0 Å².